The van der Waals surface area contributed by atoms with Crippen molar-refractivity contribution in [2.75, 3.05) is 0 Å². The molecule has 0 amide bonds. The van der Waals surface area contributed by atoms with E-state index >= 15 is 0 Å². The number of hydrogen-bond acceptors (Lipinski definition) is 1. The lowest BCUT2D eigenvalue weighted by Crippen LogP contribution is -2.06. The van der Waals surface area contributed by atoms with E-state index in [1.165, 1.54) is 12.1 Å². The molecule has 2 heteroatoms. The number of halogens is 1. The molecule has 1 rings (SSSR count). The van der Waals surface area contributed by atoms with Crippen molar-refractivity contribution < 1.29 is 9.50 Å². The van der Waals surface area contributed by atoms with Crippen LogP contribution in [0.2, 0.25) is 0 Å². The predicted octanol–water partition coefficient (Wildman–Crippen LogP) is 3.69. The molecule has 1 unspecified atom stereocenters. The molecular formula is C13H19FO. The Hall–Kier alpha value is -0.890. The molecule has 1 nitrogen and oxygen atoms in total. The van der Waals surface area contributed by atoms with Crippen molar-refractivity contribution in [2.24, 2.45) is 5.92 Å². The van der Waals surface area contributed by atoms with Crippen LogP contribution in [0, 0.1) is 11.7 Å². The molecule has 0 bridgehead atoms. The third-order valence-corrected chi connectivity index (χ3v) is 2.94. The van der Waals surface area contributed by atoms with E-state index in [1.807, 2.05) is 0 Å². The van der Waals surface area contributed by atoms with E-state index in [4.69, 9.17) is 0 Å². The molecule has 0 heterocycles. The maximum Gasteiger partial charge on any atom is 0.123 e. The van der Waals surface area contributed by atoms with E-state index in [0.29, 0.717) is 11.5 Å². The van der Waals surface area contributed by atoms with E-state index in [0.717, 1.165) is 19.3 Å². The summed E-state index contributed by atoms with van der Waals surface area (Å²) in [5.41, 5.74) is 0.682. The zero-order chi connectivity index (χ0) is 11.3. The van der Waals surface area contributed by atoms with Gasteiger partial charge in [-0.1, -0.05) is 38.8 Å². The highest BCUT2D eigenvalue weighted by Crippen LogP contribution is 2.25. The van der Waals surface area contributed by atoms with Crippen LogP contribution in [0.3, 0.4) is 0 Å². The van der Waals surface area contributed by atoms with Crippen LogP contribution in [0.1, 0.15) is 44.8 Å². The van der Waals surface area contributed by atoms with Crippen molar-refractivity contribution in [1.82, 2.24) is 0 Å². The van der Waals surface area contributed by atoms with E-state index in [9.17, 15) is 9.50 Å². The molecule has 1 aromatic carbocycles. The Labute approximate surface area is 90.9 Å². The molecule has 0 spiro atoms. The molecule has 0 radical (unpaired) electrons. The topological polar surface area (TPSA) is 20.2 Å². The average Bonchev–Trinajstić information content (AvgIpc) is 2.25. The van der Waals surface area contributed by atoms with Crippen LogP contribution < -0.4 is 0 Å². The van der Waals surface area contributed by atoms with E-state index in [1.54, 1.807) is 12.1 Å². The number of benzene rings is 1. The molecule has 1 aromatic rings. The second-order valence-electron chi connectivity index (χ2n) is 3.99. The second-order valence-corrected chi connectivity index (χ2v) is 3.99. The normalized spacial score (nSPS) is 13.1. The first-order valence-corrected chi connectivity index (χ1v) is 5.60. The summed E-state index contributed by atoms with van der Waals surface area (Å²) in [6, 6.07) is 6.22. The highest BCUT2D eigenvalue weighted by atomic mass is 19.1. The number of hydrogen-bond donors (Lipinski definition) is 1. The van der Waals surface area contributed by atoms with Gasteiger partial charge in [-0.15, -0.1) is 0 Å². The minimum Gasteiger partial charge on any atom is -0.388 e. The number of rotatable bonds is 5. The molecule has 0 fully saturated rings. The van der Waals surface area contributed by atoms with Crippen LogP contribution in [-0.4, -0.2) is 5.11 Å². The lowest BCUT2D eigenvalue weighted by molar-refractivity contribution is 0.141. The van der Waals surface area contributed by atoms with Crippen molar-refractivity contribution in [3.63, 3.8) is 0 Å². The summed E-state index contributed by atoms with van der Waals surface area (Å²) in [5.74, 6) is 0.236. The summed E-state index contributed by atoms with van der Waals surface area (Å²) < 4.78 is 12.9. The van der Waals surface area contributed by atoms with E-state index in [2.05, 4.69) is 13.8 Å². The van der Waals surface area contributed by atoms with Crippen molar-refractivity contribution in [3.05, 3.63) is 35.6 Å². The van der Waals surface area contributed by atoms with Gasteiger partial charge in [0.2, 0.25) is 0 Å². The summed E-state index contributed by atoms with van der Waals surface area (Å²) in [7, 11) is 0. The summed E-state index contributed by atoms with van der Waals surface area (Å²) in [4.78, 5) is 0. The smallest absolute Gasteiger partial charge is 0.123 e. The Morgan fingerprint density at radius 3 is 2.47 bits per heavy atom. The molecule has 1 N–H and O–H groups in total. The fraction of sp³-hybridized carbons (Fsp3) is 0.538. The highest BCUT2D eigenvalue weighted by molar-refractivity contribution is 5.18. The lowest BCUT2D eigenvalue weighted by atomic mass is 9.93. The van der Waals surface area contributed by atoms with Crippen LogP contribution in [-0.2, 0) is 0 Å². The maximum atomic E-state index is 12.9. The molecular weight excluding hydrogens is 191 g/mol. The van der Waals surface area contributed by atoms with Crippen LogP contribution in [0.25, 0.3) is 0 Å². The minimum atomic E-state index is -0.536. The van der Waals surface area contributed by atoms with Gasteiger partial charge < -0.3 is 5.11 Å². The monoisotopic (exact) mass is 210 g/mol. The van der Waals surface area contributed by atoms with Gasteiger partial charge in [-0.05, 0) is 30.0 Å². The lowest BCUT2D eigenvalue weighted by Gasteiger charge is -2.17. The van der Waals surface area contributed by atoms with Gasteiger partial charge in [-0.2, -0.15) is 0 Å². The fourth-order valence-electron chi connectivity index (χ4n) is 1.79. The average molecular weight is 210 g/mol. The number of aliphatic hydroxyl groups is 1. The molecule has 1 atom stereocenters. The zero-order valence-electron chi connectivity index (χ0n) is 9.41. The van der Waals surface area contributed by atoms with Crippen molar-refractivity contribution in [1.29, 1.82) is 0 Å². The van der Waals surface area contributed by atoms with Gasteiger partial charge in [0, 0.05) is 0 Å². The predicted molar refractivity (Wildman–Crippen MR) is 60.0 cm³/mol. The molecule has 0 aliphatic carbocycles. The zero-order valence-corrected chi connectivity index (χ0v) is 9.41. The molecule has 0 saturated heterocycles. The van der Waals surface area contributed by atoms with Crippen LogP contribution in [0.4, 0.5) is 4.39 Å². The third kappa shape index (κ3) is 3.63. The first-order chi connectivity index (χ1) is 7.17. The van der Waals surface area contributed by atoms with Crippen molar-refractivity contribution in [2.45, 2.75) is 39.2 Å². The molecule has 0 aromatic heterocycles. The number of aliphatic hydroxyl groups excluding tert-OH is 1. The van der Waals surface area contributed by atoms with Gasteiger partial charge in [-0.3, -0.25) is 0 Å². The van der Waals surface area contributed by atoms with Crippen LogP contribution >= 0.6 is 0 Å². The van der Waals surface area contributed by atoms with Gasteiger partial charge in [0.1, 0.15) is 5.82 Å². The Kier molecular flexibility index (Phi) is 4.76. The van der Waals surface area contributed by atoms with Crippen molar-refractivity contribution >= 4 is 0 Å². The maximum absolute atomic E-state index is 12.9. The van der Waals surface area contributed by atoms with E-state index < -0.39 is 6.10 Å². The molecule has 0 aliphatic heterocycles. The molecule has 0 aliphatic rings. The summed E-state index contributed by atoms with van der Waals surface area (Å²) in [5, 5.41) is 9.91. The summed E-state index contributed by atoms with van der Waals surface area (Å²) >= 11 is 0. The SMILES string of the molecule is CCC(CC)CC(O)c1cccc(F)c1. The molecule has 15 heavy (non-hydrogen) atoms. The largest absolute Gasteiger partial charge is 0.388 e. The van der Waals surface area contributed by atoms with Gasteiger partial charge in [0.05, 0.1) is 6.10 Å². The quantitative estimate of drug-likeness (QED) is 0.786. The molecule has 0 saturated carbocycles. The van der Waals surface area contributed by atoms with Crippen molar-refractivity contribution in [3.8, 4) is 0 Å². The van der Waals surface area contributed by atoms with Gasteiger partial charge in [-0.25, -0.2) is 4.39 Å². The standard InChI is InChI=1S/C13H19FO/c1-3-10(4-2)8-13(15)11-6-5-7-12(14)9-11/h5-7,9-10,13,15H,3-4,8H2,1-2H3. The van der Waals surface area contributed by atoms with Crippen LogP contribution in [0.15, 0.2) is 24.3 Å². The Morgan fingerprint density at radius 1 is 1.27 bits per heavy atom. The first kappa shape index (κ1) is 12.2. The van der Waals surface area contributed by atoms with Crippen LogP contribution in [0.5, 0.6) is 0 Å². The summed E-state index contributed by atoms with van der Waals surface area (Å²) in [6.45, 7) is 4.24. The van der Waals surface area contributed by atoms with Gasteiger partial charge in [0.25, 0.3) is 0 Å². The minimum absolute atomic E-state index is 0.281. The van der Waals surface area contributed by atoms with E-state index in [-0.39, 0.29) is 5.82 Å². The third-order valence-electron chi connectivity index (χ3n) is 2.94. The Bertz CT molecular complexity index is 294. The highest BCUT2D eigenvalue weighted by Gasteiger charge is 2.13. The first-order valence-electron chi connectivity index (χ1n) is 5.60. The summed E-state index contributed by atoms with van der Waals surface area (Å²) in [6.07, 6.45) is 2.30. The van der Waals surface area contributed by atoms with Gasteiger partial charge in [0.15, 0.2) is 0 Å². The van der Waals surface area contributed by atoms with Gasteiger partial charge >= 0.3 is 0 Å². The second kappa shape index (κ2) is 5.86. The Morgan fingerprint density at radius 2 is 1.93 bits per heavy atom. The fourth-order valence-corrected chi connectivity index (χ4v) is 1.79. The Balaban J connectivity index is 2.64. The molecule has 84 valence electrons.